The summed E-state index contributed by atoms with van der Waals surface area (Å²) in [6.45, 7) is 5.26. The monoisotopic (exact) mass is 274 g/mol. The number of nitrogens with two attached hydrogens (primary N) is 1. The molecule has 0 saturated carbocycles. The van der Waals surface area contributed by atoms with Crippen molar-refractivity contribution in [2.75, 3.05) is 31.1 Å². The second-order valence-corrected chi connectivity index (χ2v) is 4.72. The zero-order valence-electron chi connectivity index (χ0n) is 11.5. The van der Waals surface area contributed by atoms with E-state index < -0.39 is 5.91 Å². The maximum Gasteiger partial charge on any atom is 0.269 e. The van der Waals surface area contributed by atoms with Crippen LogP contribution in [0.25, 0.3) is 0 Å². The van der Waals surface area contributed by atoms with Gasteiger partial charge in [-0.2, -0.15) is 5.26 Å². The van der Waals surface area contributed by atoms with E-state index in [1.807, 2.05) is 6.92 Å². The lowest BCUT2D eigenvalue weighted by molar-refractivity contribution is 0.0994. The van der Waals surface area contributed by atoms with Crippen LogP contribution < -0.4 is 10.6 Å². The van der Waals surface area contributed by atoms with Crippen molar-refractivity contribution in [3.63, 3.8) is 0 Å². The fourth-order valence-corrected chi connectivity index (χ4v) is 2.32. The van der Waals surface area contributed by atoms with E-state index in [1.54, 1.807) is 12.1 Å². The van der Waals surface area contributed by atoms with Crippen LogP contribution in [-0.4, -0.2) is 53.2 Å². The Morgan fingerprint density at radius 1 is 1.40 bits per heavy atom. The van der Waals surface area contributed by atoms with E-state index in [2.05, 4.69) is 26.1 Å². The van der Waals surface area contributed by atoms with Crippen molar-refractivity contribution in [1.82, 2.24) is 15.1 Å². The van der Waals surface area contributed by atoms with Gasteiger partial charge in [-0.05, 0) is 18.6 Å². The molecular weight excluding hydrogens is 256 g/mol. The summed E-state index contributed by atoms with van der Waals surface area (Å²) in [7, 11) is 0. The number of nitriles is 1. The normalized spacial score (nSPS) is 17.5. The lowest BCUT2D eigenvalue weighted by Gasteiger charge is -2.37. The molecule has 1 aromatic heterocycles. The minimum Gasteiger partial charge on any atom is -0.364 e. The molecule has 1 saturated heterocycles. The number of amides is 1. The molecule has 2 heterocycles. The van der Waals surface area contributed by atoms with Crippen molar-refractivity contribution < 1.29 is 4.79 Å². The highest BCUT2D eigenvalue weighted by Gasteiger charge is 2.23. The van der Waals surface area contributed by atoms with E-state index >= 15 is 0 Å². The van der Waals surface area contributed by atoms with Gasteiger partial charge in [-0.15, -0.1) is 10.2 Å². The lowest BCUT2D eigenvalue weighted by Crippen LogP contribution is -2.50. The Labute approximate surface area is 118 Å². The number of carbonyl (C=O) groups excluding carboxylic acids is 1. The molecule has 2 N–H and O–H groups in total. The van der Waals surface area contributed by atoms with Crippen LogP contribution in [0.1, 0.15) is 23.8 Å². The maximum absolute atomic E-state index is 10.9. The molecule has 1 aliphatic heterocycles. The van der Waals surface area contributed by atoms with Crippen molar-refractivity contribution in [2.24, 2.45) is 5.73 Å². The molecule has 7 heteroatoms. The molecule has 0 bridgehead atoms. The molecule has 0 spiro atoms. The van der Waals surface area contributed by atoms with Crippen molar-refractivity contribution in [1.29, 1.82) is 5.26 Å². The fraction of sp³-hybridized carbons (Fsp3) is 0.538. The van der Waals surface area contributed by atoms with Crippen molar-refractivity contribution in [3.05, 3.63) is 17.8 Å². The van der Waals surface area contributed by atoms with Crippen molar-refractivity contribution >= 4 is 11.7 Å². The molecule has 1 aliphatic rings. The Bertz CT molecular complexity index is 501. The third-order valence-corrected chi connectivity index (χ3v) is 3.52. The van der Waals surface area contributed by atoms with Gasteiger partial charge in [-0.1, -0.05) is 6.92 Å². The van der Waals surface area contributed by atoms with Crippen molar-refractivity contribution in [2.45, 2.75) is 19.4 Å². The minimum atomic E-state index is -0.575. The summed E-state index contributed by atoms with van der Waals surface area (Å²) < 4.78 is 0. The van der Waals surface area contributed by atoms with Crippen LogP contribution in [0.4, 0.5) is 5.82 Å². The molecule has 1 amide bonds. The first-order valence-corrected chi connectivity index (χ1v) is 6.68. The second-order valence-electron chi connectivity index (χ2n) is 4.72. The van der Waals surface area contributed by atoms with E-state index in [0.717, 1.165) is 38.4 Å². The molecule has 1 unspecified atom stereocenters. The largest absolute Gasteiger partial charge is 0.364 e. The average molecular weight is 274 g/mol. The van der Waals surface area contributed by atoms with Gasteiger partial charge < -0.3 is 10.6 Å². The first-order valence-electron chi connectivity index (χ1n) is 6.68. The summed E-state index contributed by atoms with van der Waals surface area (Å²) in [4.78, 5) is 15.2. The van der Waals surface area contributed by atoms with E-state index in [4.69, 9.17) is 11.0 Å². The number of anilines is 1. The molecule has 2 rings (SSSR count). The van der Waals surface area contributed by atoms with Crippen LogP contribution in [0.2, 0.25) is 0 Å². The Hall–Kier alpha value is -2.20. The second kappa shape index (κ2) is 6.30. The number of carbonyl (C=O) groups is 1. The Kier molecular flexibility index (Phi) is 4.48. The SMILES string of the molecule is CCC(C#N)N1CCN(c2ccc(C(N)=O)nn2)CC1. The average Bonchev–Trinajstić information content (AvgIpc) is 2.49. The Morgan fingerprint density at radius 2 is 2.10 bits per heavy atom. The minimum absolute atomic E-state index is 0.0135. The quantitative estimate of drug-likeness (QED) is 0.829. The highest BCUT2D eigenvalue weighted by molar-refractivity contribution is 5.90. The standard InChI is InChI=1S/C13H18N6O/c1-2-10(9-14)18-5-7-19(8-6-18)12-4-3-11(13(15)20)16-17-12/h3-4,10H,2,5-8H2,1H3,(H2,15,20). The molecule has 0 aliphatic carbocycles. The van der Waals surface area contributed by atoms with Crippen LogP contribution in [-0.2, 0) is 0 Å². The molecule has 7 nitrogen and oxygen atoms in total. The molecule has 106 valence electrons. The van der Waals surface area contributed by atoms with Gasteiger partial charge in [0.1, 0.15) is 0 Å². The molecule has 20 heavy (non-hydrogen) atoms. The first-order chi connectivity index (χ1) is 9.65. The fourth-order valence-electron chi connectivity index (χ4n) is 2.32. The van der Waals surface area contributed by atoms with Gasteiger partial charge in [-0.3, -0.25) is 9.69 Å². The maximum atomic E-state index is 10.9. The van der Waals surface area contributed by atoms with E-state index in [1.165, 1.54) is 0 Å². The van der Waals surface area contributed by atoms with E-state index in [0.29, 0.717) is 0 Å². The third-order valence-electron chi connectivity index (χ3n) is 3.52. The van der Waals surface area contributed by atoms with Crippen molar-refractivity contribution in [3.8, 4) is 6.07 Å². The molecule has 1 aromatic rings. The van der Waals surface area contributed by atoms with Gasteiger partial charge in [-0.25, -0.2) is 0 Å². The van der Waals surface area contributed by atoms with Crippen LogP contribution in [0.3, 0.4) is 0 Å². The Morgan fingerprint density at radius 3 is 2.55 bits per heavy atom. The van der Waals surface area contributed by atoms with Crippen LogP contribution in [0.5, 0.6) is 0 Å². The van der Waals surface area contributed by atoms with Crippen LogP contribution >= 0.6 is 0 Å². The predicted octanol–water partition coefficient (Wildman–Crippen LogP) is -0.000320. The molecular formula is C13H18N6O. The summed E-state index contributed by atoms with van der Waals surface area (Å²) in [6, 6.07) is 5.65. The molecule has 1 atom stereocenters. The number of nitrogens with zero attached hydrogens (tertiary/aromatic N) is 5. The van der Waals surface area contributed by atoms with E-state index in [-0.39, 0.29) is 11.7 Å². The Balaban J connectivity index is 1.97. The van der Waals surface area contributed by atoms with Gasteiger partial charge in [0, 0.05) is 26.2 Å². The zero-order chi connectivity index (χ0) is 14.5. The summed E-state index contributed by atoms with van der Waals surface area (Å²) >= 11 is 0. The van der Waals surface area contributed by atoms with Gasteiger partial charge in [0.25, 0.3) is 5.91 Å². The summed E-state index contributed by atoms with van der Waals surface area (Å²) in [5.41, 5.74) is 5.30. The topological polar surface area (TPSA) is 99.1 Å². The summed E-state index contributed by atoms with van der Waals surface area (Å²) in [6.07, 6.45) is 0.837. The predicted molar refractivity (Wildman–Crippen MR) is 74.0 cm³/mol. The van der Waals surface area contributed by atoms with Gasteiger partial charge in [0.15, 0.2) is 11.5 Å². The first kappa shape index (κ1) is 14.2. The number of rotatable bonds is 4. The number of piperazine rings is 1. The molecule has 0 radical (unpaired) electrons. The molecule has 0 aromatic carbocycles. The summed E-state index contributed by atoms with van der Waals surface area (Å²) in [5.74, 6) is 0.160. The van der Waals surface area contributed by atoms with Gasteiger partial charge in [0.05, 0.1) is 12.1 Å². The highest BCUT2D eigenvalue weighted by Crippen LogP contribution is 2.15. The number of hydrogen-bond donors (Lipinski definition) is 1. The number of hydrogen-bond acceptors (Lipinski definition) is 6. The number of aromatic nitrogens is 2. The highest BCUT2D eigenvalue weighted by atomic mass is 16.1. The zero-order valence-corrected chi connectivity index (χ0v) is 11.5. The third kappa shape index (κ3) is 3.03. The van der Waals surface area contributed by atoms with Gasteiger partial charge in [0.2, 0.25) is 0 Å². The molecule has 1 fully saturated rings. The van der Waals surface area contributed by atoms with Crippen LogP contribution in [0.15, 0.2) is 12.1 Å². The van der Waals surface area contributed by atoms with E-state index in [9.17, 15) is 4.79 Å². The smallest absolute Gasteiger partial charge is 0.269 e. The lowest BCUT2D eigenvalue weighted by atomic mass is 10.2. The van der Waals surface area contributed by atoms with Crippen LogP contribution in [0, 0.1) is 11.3 Å². The summed E-state index contributed by atoms with van der Waals surface area (Å²) in [5, 5.41) is 16.9. The number of primary amides is 1. The van der Waals surface area contributed by atoms with Gasteiger partial charge >= 0.3 is 0 Å².